The average molecular weight is 317 g/mol. The zero-order valence-electron chi connectivity index (χ0n) is 13.3. The summed E-state index contributed by atoms with van der Waals surface area (Å²) in [6.07, 6.45) is 1.49. The molecule has 0 saturated carbocycles. The summed E-state index contributed by atoms with van der Waals surface area (Å²) in [5.41, 5.74) is 2.31. The first-order valence-electron chi connectivity index (χ1n) is 7.61. The summed E-state index contributed by atoms with van der Waals surface area (Å²) in [6.45, 7) is 6.01. The minimum absolute atomic E-state index is 0.00285. The second-order valence-corrected chi connectivity index (χ2v) is 6.44. The van der Waals surface area contributed by atoms with Gasteiger partial charge in [0.2, 0.25) is 5.91 Å². The van der Waals surface area contributed by atoms with E-state index in [-0.39, 0.29) is 18.1 Å². The van der Waals surface area contributed by atoms with Crippen LogP contribution in [0.15, 0.2) is 41.1 Å². The normalized spacial score (nSPS) is 12.2. The fourth-order valence-electron chi connectivity index (χ4n) is 2.20. The number of benzene rings is 1. The number of nitrogens with one attached hydrogen (secondary N) is 1. The van der Waals surface area contributed by atoms with Gasteiger partial charge in [-0.05, 0) is 67.3 Å². The number of hydrogen-bond acceptors (Lipinski definition) is 3. The molecule has 1 aromatic carbocycles. The van der Waals surface area contributed by atoms with Gasteiger partial charge in [0.15, 0.2) is 0 Å². The molecule has 0 saturated heterocycles. The van der Waals surface area contributed by atoms with E-state index in [9.17, 15) is 4.79 Å². The summed E-state index contributed by atoms with van der Waals surface area (Å²) in [4.78, 5) is 12.0. The SMILES string of the molecule is CC(C)Oc1ccc(C(C)NC(=O)CCc2ccsc2)cc1. The van der Waals surface area contributed by atoms with Gasteiger partial charge < -0.3 is 10.1 Å². The van der Waals surface area contributed by atoms with Crippen molar-refractivity contribution in [3.63, 3.8) is 0 Å². The highest BCUT2D eigenvalue weighted by atomic mass is 32.1. The Balaban J connectivity index is 1.83. The first kappa shape index (κ1) is 16.6. The molecule has 4 heteroatoms. The molecule has 0 aliphatic carbocycles. The van der Waals surface area contributed by atoms with Gasteiger partial charge in [-0.25, -0.2) is 0 Å². The van der Waals surface area contributed by atoms with Crippen molar-refractivity contribution in [3.8, 4) is 5.75 Å². The Morgan fingerprint density at radius 1 is 1.18 bits per heavy atom. The standard InChI is InChI=1S/C18H23NO2S/c1-13(2)21-17-7-5-16(6-8-17)14(3)19-18(20)9-4-15-10-11-22-12-15/h5-8,10-14H,4,9H2,1-3H3,(H,19,20). The van der Waals surface area contributed by atoms with Crippen LogP contribution in [0.25, 0.3) is 0 Å². The molecule has 22 heavy (non-hydrogen) atoms. The van der Waals surface area contributed by atoms with Gasteiger partial charge in [0.05, 0.1) is 12.1 Å². The summed E-state index contributed by atoms with van der Waals surface area (Å²) in [5.74, 6) is 0.941. The molecule has 118 valence electrons. The number of carbonyl (C=O) groups excluding carboxylic acids is 1. The molecule has 1 heterocycles. The van der Waals surface area contributed by atoms with Gasteiger partial charge in [-0.3, -0.25) is 4.79 Å². The molecule has 1 amide bonds. The molecule has 2 rings (SSSR count). The van der Waals surface area contributed by atoms with E-state index in [1.54, 1.807) is 11.3 Å². The first-order chi connectivity index (χ1) is 10.5. The van der Waals surface area contributed by atoms with E-state index >= 15 is 0 Å². The van der Waals surface area contributed by atoms with Gasteiger partial charge >= 0.3 is 0 Å². The van der Waals surface area contributed by atoms with E-state index in [4.69, 9.17) is 4.74 Å². The number of rotatable bonds is 7. The van der Waals surface area contributed by atoms with Crippen LogP contribution < -0.4 is 10.1 Å². The molecule has 0 aliphatic heterocycles. The third-order valence-corrected chi connectivity index (χ3v) is 4.08. The molecular formula is C18H23NO2S. The first-order valence-corrected chi connectivity index (χ1v) is 8.56. The lowest BCUT2D eigenvalue weighted by molar-refractivity contribution is -0.121. The van der Waals surface area contributed by atoms with Gasteiger partial charge in [0.25, 0.3) is 0 Å². The van der Waals surface area contributed by atoms with Crippen LogP contribution in [0, 0.1) is 0 Å². The van der Waals surface area contributed by atoms with Gasteiger partial charge in [-0.1, -0.05) is 12.1 Å². The highest BCUT2D eigenvalue weighted by molar-refractivity contribution is 7.07. The minimum atomic E-state index is 0.00285. The average Bonchev–Trinajstić information content (AvgIpc) is 2.98. The number of ether oxygens (including phenoxy) is 1. The highest BCUT2D eigenvalue weighted by Crippen LogP contribution is 2.19. The van der Waals surface area contributed by atoms with Crippen LogP contribution in [-0.4, -0.2) is 12.0 Å². The van der Waals surface area contributed by atoms with E-state index in [1.165, 1.54) is 5.56 Å². The molecule has 0 aliphatic rings. The summed E-state index contributed by atoms with van der Waals surface area (Å²) < 4.78 is 5.62. The van der Waals surface area contributed by atoms with E-state index < -0.39 is 0 Å². The molecule has 0 bridgehead atoms. The van der Waals surface area contributed by atoms with Crippen LogP contribution in [-0.2, 0) is 11.2 Å². The molecular weight excluding hydrogens is 294 g/mol. The van der Waals surface area contributed by atoms with Crippen LogP contribution in [0.1, 0.15) is 44.4 Å². The van der Waals surface area contributed by atoms with Gasteiger partial charge in [0, 0.05) is 6.42 Å². The topological polar surface area (TPSA) is 38.3 Å². The quantitative estimate of drug-likeness (QED) is 0.824. The van der Waals surface area contributed by atoms with Crippen LogP contribution in [0.2, 0.25) is 0 Å². The molecule has 1 N–H and O–H groups in total. The third-order valence-electron chi connectivity index (χ3n) is 3.35. The second-order valence-electron chi connectivity index (χ2n) is 5.66. The maximum Gasteiger partial charge on any atom is 0.220 e. The maximum absolute atomic E-state index is 12.0. The fourth-order valence-corrected chi connectivity index (χ4v) is 2.90. The summed E-state index contributed by atoms with van der Waals surface area (Å²) in [5, 5.41) is 7.17. The number of thiophene rings is 1. The Bertz CT molecular complexity index is 576. The van der Waals surface area contributed by atoms with Gasteiger partial charge in [-0.15, -0.1) is 0 Å². The van der Waals surface area contributed by atoms with Crippen molar-refractivity contribution in [2.75, 3.05) is 0 Å². The number of hydrogen-bond donors (Lipinski definition) is 1. The number of aryl methyl sites for hydroxylation is 1. The Hall–Kier alpha value is -1.81. The summed E-state index contributed by atoms with van der Waals surface area (Å²) in [6, 6.07) is 9.97. The smallest absolute Gasteiger partial charge is 0.220 e. The molecule has 0 fully saturated rings. The zero-order valence-corrected chi connectivity index (χ0v) is 14.2. The lowest BCUT2D eigenvalue weighted by Gasteiger charge is -2.15. The van der Waals surface area contributed by atoms with Crippen molar-refractivity contribution in [3.05, 3.63) is 52.2 Å². The van der Waals surface area contributed by atoms with E-state index in [1.807, 2.05) is 50.4 Å². The van der Waals surface area contributed by atoms with Crippen molar-refractivity contribution in [1.29, 1.82) is 0 Å². The van der Waals surface area contributed by atoms with Crippen molar-refractivity contribution in [2.24, 2.45) is 0 Å². The molecule has 1 atom stereocenters. The van der Waals surface area contributed by atoms with Crippen molar-refractivity contribution in [1.82, 2.24) is 5.32 Å². The van der Waals surface area contributed by atoms with E-state index in [2.05, 4.69) is 16.8 Å². The van der Waals surface area contributed by atoms with Gasteiger partial charge in [0.1, 0.15) is 5.75 Å². The van der Waals surface area contributed by atoms with Crippen LogP contribution in [0.4, 0.5) is 0 Å². The van der Waals surface area contributed by atoms with E-state index in [0.29, 0.717) is 6.42 Å². The predicted molar refractivity (Wildman–Crippen MR) is 91.4 cm³/mol. The fraction of sp³-hybridized carbons (Fsp3) is 0.389. The van der Waals surface area contributed by atoms with Crippen LogP contribution in [0.5, 0.6) is 5.75 Å². The molecule has 2 aromatic rings. The Labute approximate surface area is 136 Å². The van der Waals surface area contributed by atoms with Crippen molar-refractivity contribution in [2.45, 2.75) is 45.8 Å². The van der Waals surface area contributed by atoms with Crippen molar-refractivity contribution >= 4 is 17.2 Å². The van der Waals surface area contributed by atoms with Crippen molar-refractivity contribution < 1.29 is 9.53 Å². The van der Waals surface area contributed by atoms with Crippen LogP contribution in [0.3, 0.4) is 0 Å². The number of amides is 1. The highest BCUT2D eigenvalue weighted by Gasteiger charge is 2.10. The Morgan fingerprint density at radius 3 is 2.50 bits per heavy atom. The Morgan fingerprint density at radius 2 is 1.91 bits per heavy atom. The summed E-state index contributed by atoms with van der Waals surface area (Å²) in [7, 11) is 0. The lowest BCUT2D eigenvalue weighted by Crippen LogP contribution is -2.26. The molecule has 1 aromatic heterocycles. The molecule has 1 unspecified atom stereocenters. The lowest BCUT2D eigenvalue weighted by atomic mass is 10.1. The Kier molecular flexibility index (Phi) is 6.01. The number of carbonyl (C=O) groups is 1. The van der Waals surface area contributed by atoms with Gasteiger partial charge in [-0.2, -0.15) is 11.3 Å². The zero-order chi connectivity index (χ0) is 15.9. The maximum atomic E-state index is 12.0. The predicted octanol–water partition coefficient (Wildman–Crippen LogP) is 4.35. The third kappa shape index (κ3) is 5.19. The van der Waals surface area contributed by atoms with E-state index in [0.717, 1.165) is 17.7 Å². The second kappa shape index (κ2) is 7.99. The monoisotopic (exact) mass is 317 g/mol. The summed E-state index contributed by atoms with van der Waals surface area (Å²) >= 11 is 1.66. The molecule has 0 radical (unpaired) electrons. The minimum Gasteiger partial charge on any atom is -0.491 e. The molecule has 3 nitrogen and oxygen atoms in total. The largest absolute Gasteiger partial charge is 0.491 e. The van der Waals surface area contributed by atoms with Crippen LogP contribution >= 0.6 is 11.3 Å². The molecule has 0 spiro atoms.